The highest BCUT2D eigenvalue weighted by Gasteiger charge is 2.08. The van der Waals surface area contributed by atoms with Crippen molar-refractivity contribution in [1.29, 1.82) is 0 Å². The van der Waals surface area contributed by atoms with E-state index < -0.39 is 0 Å². The molecule has 0 aliphatic rings. The van der Waals surface area contributed by atoms with Crippen molar-refractivity contribution < 1.29 is 14.3 Å². The topological polar surface area (TPSA) is 59.6 Å². The van der Waals surface area contributed by atoms with Crippen LogP contribution in [0.3, 0.4) is 0 Å². The first-order valence-corrected chi connectivity index (χ1v) is 9.11. The number of hydrogen-bond acceptors (Lipinski definition) is 4. The molecule has 0 bridgehead atoms. The lowest BCUT2D eigenvalue weighted by molar-refractivity contribution is 0.0977. The van der Waals surface area contributed by atoms with E-state index in [0.717, 1.165) is 30.0 Å². The second kappa shape index (κ2) is 10.4. The summed E-state index contributed by atoms with van der Waals surface area (Å²) in [5.41, 5.74) is 1.29. The molecule has 0 fully saturated rings. The van der Waals surface area contributed by atoms with Gasteiger partial charge in [-0.1, -0.05) is 13.3 Å². The van der Waals surface area contributed by atoms with E-state index in [1.165, 1.54) is 0 Å². The Bertz CT molecular complexity index is 715. The maximum absolute atomic E-state index is 12.3. The third kappa shape index (κ3) is 6.37. The molecule has 6 heteroatoms. The lowest BCUT2D eigenvalue weighted by atomic mass is 10.2. The average Bonchev–Trinajstić information content (AvgIpc) is 2.64. The third-order valence-corrected chi connectivity index (χ3v) is 3.74. The van der Waals surface area contributed by atoms with Gasteiger partial charge in [-0.15, -0.1) is 0 Å². The van der Waals surface area contributed by atoms with Gasteiger partial charge < -0.3 is 14.8 Å². The van der Waals surface area contributed by atoms with E-state index >= 15 is 0 Å². The zero-order valence-corrected chi connectivity index (χ0v) is 15.9. The van der Waals surface area contributed by atoms with E-state index in [0.29, 0.717) is 18.8 Å². The maximum Gasteiger partial charge on any atom is 0.257 e. The predicted molar refractivity (Wildman–Crippen MR) is 108 cm³/mol. The van der Waals surface area contributed by atoms with Gasteiger partial charge in [-0.3, -0.25) is 10.1 Å². The first-order chi connectivity index (χ1) is 12.6. The van der Waals surface area contributed by atoms with Crippen molar-refractivity contribution >= 4 is 28.9 Å². The lowest BCUT2D eigenvalue weighted by Gasteiger charge is -2.11. The van der Waals surface area contributed by atoms with Gasteiger partial charge >= 0.3 is 0 Å². The summed E-state index contributed by atoms with van der Waals surface area (Å²) in [7, 11) is 0. The van der Waals surface area contributed by atoms with Gasteiger partial charge in [-0.05, 0) is 74.1 Å². The molecule has 2 N–H and O–H groups in total. The molecule has 26 heavy (non-hydrogen) atoms. The Labute approximate surface area is 159 Å². The van der Waals surface area contributed by atoms with E-state index in [1.807, 2.05) is 31.2 Å². The van der Waals surface area contributed by atoms with Crippen molar-refractivity contribution in [2.24, 2.45) is 0 Å². The number of carbonyl (C=O) groups is 1. The van der Waals surface area contributed by atoms with Crippen molar-refractivity contribution in [2.45, 2.75) is 26.7 Å². The number of unbranched alkanes of at least 4 members (excludes halogenated alkanes) is 1. The van der Waals surface area contributed by atoms with Crippen molar-refractivity contribution in [2.75, 3.05) is 18.5 Å². The summed E-state index contributed by atoms with van der Waals surface area (Å²) in [6, 6.07) is 14.4. The molecule has 0 aliphatic carbocycles. The van der Waals surface area contributed by atoms with Gasteiger partial charge in [0.05, 0.1) is 13.2 Å². The normalized spacial score (nSPS) is 10.1. The predicted octanol–water partition coefficient (Wildman–Crippen LogP) is 4.39. The van der Waals surface area contributed by atoms with Crippen molar-refractivity contribution in [3.05, 3.63) is 54.1 Å². The Morgan fingerprint density at radius 1 is 0.962 bits per heavy atom. The largest absolute Gasteiger partial charge is 0.494 e. The number of nitrogens with one attached hydrogen (secondary N) is 2. The number of thiocarbonyl (C=S) groups is 1. The molecule has 0 saturated carbocycles. The van der Waals surface area contributed by atoms with Crippen LogP contribution in [-0.4, -0.2) is 24.2 Å². The third-order valence-electron chi connectivity index (χ3n) is 3.53. The van der Waals surface area contributed by atoms with E-state index in [9.17, 15) is 4.79 Å². The average molecular weight is 372 g/mol. The van der Waals surface area contributed by atoms with Crippen molar-refractivity contribution in [3.8, 4) is 11.5 Å². The molecule has 0 atom stereocenters. The van der Waals surface area contributed by atoms with Crippen LogP contribution in [0.5, 0.6) is 11.5 Å². The van der Waals surface area contributed by atoms with Gasteiger partial charge in [-0.2, -0.15) is 0 Å². The minimum atomic E-state index is -0.270. The zero-order valence-electron chi connectivity index (χ0n) is 15.1. The Kier molecular flexibility index (Phi) is 7.89. The fraction of sp³-hybridized carbons (Fsp3) is 0.300. The van der Waals surface area contributed by atoms with Gasteiger partial charge in [0.2, 0.25) is 0 Å². The van der Waals surface area contributed by atoms with Crippen LogP contribution < -0.4 is 20.1 Å². The molecular weight excluding hydrogens is 348 g/mol. The molecular formula is C20H24N2O3S. The van der Waals surface area contributed by atoms with Crippen LogP contribution in [0, 0.1) is 0 Å². The molecule has 0 spiro atoms. The van der Waals surface area contributed by atoms with Gasteiger partial charge in [0.15, 0.2) is 5.11 Å². The molecule has 0 aliphatic heterocycles. The highest BCUT2D eigenvalue weighted by atomic mass is 32.1. The monoisotopic (exact) mass is 372 g/mol. The molecule has 0 saturated heterocycles. The molecule has 0 aromatic heterocycles. The van der Waals surface area contributed by atoms with Crippen LogP contribution >= 0.6 is 12.2 Å². The van der Waals surface area contributed by atoms with Gasteiger partial charge in [0.1, 0.15) is 11.5 Å². The zero-order chi connectivity index (χ0) is 18.8. The summed E-state index contributed by atoms with van der Waals surface area (Å²) < 4.78 is 11.0. The fourth-order valence-corrected chi connectivity index (χ4v) is 2.39. The van der Waals surface area contributed by atoms with E-state index in [4.69, 9.17) is 21.7 Å². The first-order valence-electron chi connectivity index (χ1n) is 8.70. The minimum Gasteiger partial charge on any atom is -0.494 e. The molecule has 0 unspecified atom stereocenters. The Morgan fingerprint density at radius 3 is 2.19 bits per heavy atom. The highest BCUT2D eigenvalue weighted by molar-refractivity contribution is 7.80. The lowest BCUT2D eigenvalue weighted by Crippen LogP contribution is -2.34. The molecule has 1 amide bonds. The van der Waals surface area contributed by atoms with Crippen LogP contribution in [0.15, 0.2) is 48.5 Å². The molecule has 0 radical (unpaired) electrons. The van der Waals surface area contributed by atoms with Gasteiger partial charge in [0, 0.05) is 11.3 Å². The van der Waals surface area contributed by atoms with Crippen molar-refractivity contribution in [3.63, 3.8) is 0 Å². The number of hydrogen-bond donors (Lipinski definition) is 2. The molecule has 2 rings (SSSR count). The molecule has 0 heterocycles. The molecule has 138 valence electrons. The summed E-state index contributed by atoms with van der Waals surface area (Å²) in [4.78, 5) is 12.3. The Hall–Kier alpha value is -2.60. The minimum absolute atomic E-state index is 0.238. The van der Waals surface area contributed by atoms with Gasteiger partial charge in [0.25, 0.3) is 5.91 Å². The maximum atomic E-state index is 12.3. The molecule has 2 aromatic rings. The highest BCUT2D eigenvalue weighted by Crippen LogP contribution is 2.16. The van der Waals surface area contributed by atoms with Crippen LogP contribution in [-0.2, 0) is 0 Å². The van der Waals surface area contributed by atoms with Crippen LogP contribution in [0.25, 0.3) is 0 Å². The smallest absolute Gasteiger partial charge is 0.257 e. The fourth-order valence-electron chi connectivity index (χ4n) is 2.18. The Morgan fingerprint density at radius 2 is 1.58 bits per heavy atom. The first kappa shape index (κ1) is 19.7. The van der Waals surface area contributed by atoms with E-state index in [2.05, 4.69) is 17.6 Å². The Balaban J connectivity index is 1.85. The molecule has 5 nitrogen and oxygen atoms in total. The van der Waals surface area contributed by atoms with Gasteiger partial charge in [-0.25, -0.2) is 0 Å². The van der Waals surface area contributed by atoms with E-state index in [-0.39, 0.29) is 11.0 Å². The summed E-state index contributed by atoms with van der Waals surface area (Å²) in [6.45, 7) is 5.34. The summed E-state index contributed by atoms with van der Waals surface area (Å²) >= 11 is 5.19. The van der Waals surface area contributed by atoms with Crippen LogP contribution in [0.1, 0.15) is 37.0 Å². The quantitative estimate of drug-likeness (QED) is 0.532. The van der Waals surface area contributed by atoms with Crippen molar-refractivity contribution in [1.82, 2.24) is 5.32 Å². The standard InChI is InChI=1S/C20H24N2O3S/c1-3-5-14-25-18-10-6-15(7-11-18)19(23)22-20(26)21-16-8-12-17(13-9-16)24-4-2/h6-13H,3-5,14H2,1-2H3,(H2,21,22,23,26). The number of carbonyl (C=O) groups excluding carboxylic acids is 1. The summed E-state index contributed by atoms with van der Waals surface area (Å²) in [5.74, 6) is 1.27. The SMILES string of the molecule is CCCCOc1ccc(C(=O)NC(=S)Nc2ccc(OCC)cc2)cc1. The second-order valence-electron chi connectivity index (χ2n) is 5.59. The number of anilines is 1. The second-order valence-corrected chi connectivity index (χ2v) is 6.00. The molecule has 2 aromatic carbocycles. The number of ether oxygens (including phenoxy) is 2. The summed E-state index contributed by atoms with van der Waals surface area (Å²) in [5, 5.41) is 5.88. The van der Waals surface area contributed by atoms with Crippen LogP contribution in [0.4, 0.5) is 5.69 Å². The number of benzene rings is 2. The number of rotatable bonds is 8. The van der Waals surface area contributed by atoms with E-state index in [1.54, 1.807) is 24.3 Å². The number of amides is 1. The summed E-state index contributed by atoms with van der Waals surface area (Å²) in [6.07, 6.45) is 2.09. The van der Waals surface area contributed by atoms with Crippen LogP contribution in [0.2, 0.25) is 0 Å².